The highest BCUT2D eigenvalue weighted by Gasteiger charge is 2.36. The van der Waals surface area contributed by atoms with Crippen molar-refractivity contribution < 1.29 is 23.9 Å². The molecule has 0 aromatic heterocycles. The summed E-state index contributed by atoms with van der Waals surface area (Å²) in [7, 11) is 1.54. The van der Waals surface area contributed by atoms with Gasteiger partial charge in [-0.15, -0.1) is 0 Å². The van der Waals surface area contributed by atoms with Gasteiger partial charge in [0.15, 0.2) is 11.5 Å². The summed E-state index contributed by atoms with van der Waals surface area (Å²) < 4.78 is 12.3. The second-order valence-corrected chi connectivity index (χ2v) is 10.7. The third-order valence-corrected chi connectivity index (χ3v) is 7.41. The van der Waals surface area contributed by atoms with Gasteiger partial charge in [0, 0.05) is 0 Å². The summed E-state index contributed by atoms with van der Waals surface area (Å²) in [5.74, 6) is 0.0229. The van der Waals surface area contributed by atoms with Crippen LogP contribution in [-0.2, 0) is 16.2 Å². The van der Waals surface area contributed by atoms with E-state index in [2.05, 4.69) is 27.9 Å². The number of para-hydroxylation sites is 1. The summed E-state index contributed by atoms with van der Waals surface area (Å²) in [4.78, 5) is 39.0. The Kier molecular flexibility index (Phi) is 8.78. The molecule has 0 radical (unpaired) electrons. The van der Waals surface area contributed by atoms with Crippen molar-refractivity contribution in [2.45, 2.75) is 13.5 Å². The van der Waals surface area contributed by atoms with Crippen LogP contribution in [0.25, 0.3) is 6.08 Å². The molecule has 0 saturated carbocycles. The number of imide groups is 1. The van der Waals surface area contributed by atoms with Crippen molar-refractivity contribution in [2.24, 2.45) is 0 Å². The van der Waals surface area contributed by atoms with Gasteiger partial charge in [0.1, 0.15) is 13.2 Å². The van der Waals surface area contributed by atoms with Gasteiger partial charge in [-0.25, -0.2) is 0 Å². The molecule has 1 heterocycles. The zero-order valence-corrected chi connectivity index (χ0v) is 23.6. The first-order chi connectivity index (χ1) is 17.7. The number of anilines is 1. The summed E-state index contributed by atoms with van der Waals surface area (Å²) in [5.41, 5.74) is 3.27. The van der Waals surface area contributed by atoms with Crippen LogP contribution in [0.2, 0.25) is 5.02 Å². The minimum absolute atomic E-state index is 0.210. The maximum absolute atomic E-state index is 12.9. The van der Waals surface area contributed by atoms with Crippen LogP contribution in [-0.4, -0.2) is 35.6 Å². The Hall–Kier alpha value is -3.02. The molecule has 1 saturated heterocycles. The fourth-order valence-corrected chi connectivity index (χ4v) is 5.29. The van der Waals surface area contributed by atoms with Gasteiger partial charge in [0.25, 0.3) is 11.1 Å². The van der Waals surface area contributed by atoms with Crippen molar-refractivity contribution in [3.63, 3.8) is 0 Å². The van der Waals surface area contributed by atoms with E-state index in [0.29, 0.717) is 34.4 Å². The summed E-state index contributed by atoms with van der Waals surface area (Å²) >= 11 is 8.99. The lowest BCUT2D eigenvalue weighted by Gasteiger charge is -2.14. The molecule has 3 aromatic rings. The predicted molar refractivity (Wildman–Crippen MR) is 154 cm³/mol. The van der Waals surface area contributed by atoms with Gasteiger partial charge in [-0.3, -0.25) is 19.3 Å². The highest BCUT2D eigenvalue weighted by Crippen LogP contribution is 2.37. The number of hydrogen-bond donors (Lipinski definition) is 1. The van der Waals surface area contributed by atoms with Crippen LogP contribution in [0.4, 0.5) is 10.5 Å². The van der Waals surface area contributed by atoms with Crippen LogP contribution >= 0.6 is 46.0 Å². The lowest BCUT2D eigenvalue weighted by Crippen LogP contribution is -2.36. The van der Waals surface area contributed by atoms with Crippen LogP contribution in [0, 0.1) is 10.5 Å². The molecule has 1 fully saturated rings. The monoisotopic (exact) mass is 648 g/mol. The summed E-state index contributed by atoms with van der Waals surface area (Å²) in [6, 6.07) is 18.4. The van der Waals surface area contributed by atoms with Crippen molar-refractivity contribution in [2.75, 3.05) is 19.0 Å². The summed E-state index contributed by atoms with van der Waals surface area (Å²) in [6.07, 6.45) is 1.60. The SMILES string of the molecule is COc1cc(/C=C2/SC(=O)N(CC(=O)Nc3ccccc3Cl)C2=O)cc(I)c1OCc1ccc(C)cc1. The second kappa shape index (κ2) is 12.0. The number of nitrogens with zero attached hydrogens (tertiary/aromatic N) is 1. The summed E-state index contributed by atoms with van der Waals surface area (Å²) in [6.45, 7) is 1.99. The molecule has 1 aliphatic rings. The molecule has 0 unspecified atom stereocenters. The Morgan fingerprint density at radius 3 is 2.57 bits per heavy atom. The lowest BCUT2D eigenvalue weighted by molar-refractivity contribution is -0.127. The van der Waals surface area contributed by atoms with E-state index in [9.17, 15) is 14.4 Å². The number of nitrogens with one attached hydrogen (secondary N) is 1. The normalized spacial score (nSPS) is 14.3. The van der Waals surface area contributed by atoms with Gasteiger partial charge < -0.3 is 14.8 Å². The topological polar surface area (TPSA) is 84.9 Å². The van der Waals surface area contributed by atoms with E-state index in [1.54, 1.807) is 43.5 Å². The largest absolute Gasteiger partial charge is 0.493 e. The number of hydrogen-bond acceptors (Lipinski definition) is 6. The zero-order valence-electron chi connectivity index (χ0n) is 19.9. The number of rotatable bonds is 8. The number of halogens is 2. The minimum Gasteiger partial charge on any atom is -0.493 e. The van der Waals surface area contributed by atoms with E-state index in [1.165, 1.54) is 5.56 Å². The molecule has 0 atom stereocenters. The number of aryl methyl sites for hydroxylation is 1. The first-order valence-corrected chi connectivity index (χ1v) is 13.4. The third kappa shape index (κ3) is 6.65. The van der Waals surface area contributed by atoms with E-state index >= 15 is 0 Å². The molecule has 7 nitrogen and oxygen atoms in total. The molecule has 1 aliphatic heterocycles. The van der Waals surface area contributed by atoms with E-state index in [0.717, 1.165) is 25.8 Å². The maximum Gasteiger partial charge on any atom is 0.294 e. The fourth-order valence-electron chi connectivity index (χ4n) is 3.49. The highest BCUT2D eigenvalue weighted by molar-refractivity contribution is 14.1. The van der Waals surface area contributed by atoms with Crippen LogP contribution in [0.3, 0.4) is 0 Å². The van der Waals surface area contributed by atoms with Crippen molar-refractivity contribution >= 4 is 74.8 Å². The standard InChI is InChI=1S/C27H22ClIN2O5S/c1-16-7-9-17(10-8-16)15-36-25-20(29)11-18(12-22(25)35-2)13-23-26(33)31(27(34)37-23)14-24(32)30-21-6-4-3-5-19(21)28/h3-13H,14-15H2,1-2H3,(H,30,32)/b23-13+. The van der Waals surface area contributed by atoms with Crippen molar-refractivity contribution in [1.82, 2.24) is 4.90 Å². The molecule has 190 valence electrons. The molecule has 0 spiro atoms. The number of amides is 3. The van der Waals surface area contributed by atoms with Crippen molar-refractivity contribution in [3.05, 3.63) is 90.9 Å². The molecule has 10 heteroatoms. The quantitative estimate of drug-likeness (QED) is 0.221. The molecule has 0 aliphatic carbocycles. The Labute approximate surface area is 237 Å². The number of methoxy groups -OCH3 is 1. The Bertz CT molecular complexity index is 1390. The van der Waals surface area contributed by atoms with Crippen LogP contribution in [0.5, 0.6) is 11.5 Å². The smallest absolute Gasteiger partial charge is 0.294 e. The lowest BCUT2D eigenvalue weighted by atomic mass is 10.1. The van der Waals surface area contributed by atoms with Gasteiger partial charge in [-0.05, 0) is 82.7 Å². The molecule has 37 heavy (non-hydrogen) atoms. The predicted octanol–water partition coefficient (Wildman–Crippen LogP) is 6.52. The first-order valence-electron chi connectivity index (χ1n) is 11.1. The minimum atomic E-state index is -0.544. The van der Waals surface area contributed by atoms with E-state index in [-0.39, 0.29) is 4.91 Å². The molecular weight excluding hydrogens is 627 g/mol. The van der Waals surface area contributed by atoms with E-state index in [4.69, 9.17) is 21.1 Å². The van der Waals surface area contributed by atoms with Crippen molar-refractivity contribution in [3.8, 4) is 11.5 Å². The molecule has 4 rings (SSSR count). The second-order valence-electron chi connectivity index (χ2n) is 8.10. The average Bonchev–Trinajstić information content (AvgIpc) is 3.12. The van der Waals surface area contributed by atoms with E-state index < -0.39 is 23.6 Å². The average molecular weight is 649 g/mol. The number of benzene rings is 3. The van der Waals surface area contributed by atoms with Gasteiger partial charge in [-0.2, -0.15) is 0 Å². The fraction of sp³-hybridized carbons (Fsp3) is 0.148. The Balaban J connectivity index is 1.47. The molecule has 3 amide bonds. The Morgan fingerprint density at radius 2 is 1.86 bits per heavy atom. The van der Waals surface area contributed by atoms with E-state index in [1.807, 2.05) is 37.3 Å². The van der Waals surface area contributed by atoms with Crippen molar-refractivity contribution in [1.29, 1.82) is 0 Å². The molecule has 0 bridgehead atoms. The molecular formula is C27H22ClIN2O5S. The highest BCUT2D eigenvalue weighted by atomic mass is 127. The number of carbonyl (C=O) groups is 3. The third-order valence-electron chi connectivity index (χ3n) is 5.38. The molecule has 3 aromatic carbocycles. The number of thioether (sulfide) groups is 1. The van der Waals surface area contributed by atoms with Crippen LogP contribution in [0.1, 0.15) is 16.7 Å². The number of ether oxygens (including phenoxy) is 2. The van der Waals surface area contributed by atoms with Crippen LogP contribution < -0.4 is 14.8 Å². The first kappa shape index (κ1) is 27.0. The van der Waals surface area contributed by atoms with Gasteiger partial charge in [0.05, 0.1) is 26.3 Å². The number of carbonyl (C=O) groups excluding carboxylic acids is 3. The van der Waals surface area contributed by atoms with Gasteiger partial charge >= 0.3 is 0 Å². The zero-order chi connectivity index (χ0) is 26.5. The van der Waals surface area contributed by atoms with Gasteiger partial charge in [-0.1, -0.05) is 53.6 Å². The Morgan fingerprint density at radius 1 is 1.14 bits per heavy atom. The van der Waals surface area contributed by atoms with Gasteiger partial charge in [0.2, 0.25) is 5.91 Å². The maximum atomic E-state index is 12.9. The summed E-state index contributed by atoms with van der Waals surface area (Å²) in [5, 5.41) is 2.46. The van der Waals surface area contributed by atoms with Crippen LogP contribution in [0.15, 0.2) is 65.6 Å². The molecule has 1 N–H and O–H groups in total.